The minimum Gasteiger partial charge on any atom is -0.481 e. The summed E-state index contributed by atoms with van der Waals surface area (Å²) in [5.41, 5.74) is 0. The molecule has 0 spiro atoms. The van der Waals surface area contributed by atoms with Gasteiger partial charge in [0.2, 0.25) is 5.91 Å². The van der Waals surface area contributed by atoms with E-state index in [2.05, 4.69) is 17.5 Å². The van der Waals surface area contributed by atoms with Crippen molar-refractivity contribution >= 4 is 11.9 Å². The average molecular weight is 395 g/mol. The van der Waals surface area contributed by atoms with Crippen molar-refractivity contribution in [2.45, 2.75) is 76.9 Å². The van der Waals surface area contributed by atoms with Gasteiger partial charge in [-0.3, -0.25) is 9.59 Å². The summed E-state index contributed by atoms with van der Waals surface area (Å²) in [5.74, 6) is 0.697. The average Bonchev–Trinajstić information content (AvgIpc) is 3.28. The third kappa shape index (κ3) is 7.21. The molecule has 2 N–H and O–H groups in total. The maximum Gasteiger partial charge on any atom is 0.303 e. The summed E-state index contributed by atoms with van der Waals surface area (Å²) in [6.45, 7) is 4.05. The van der Waals surface area contributed by atoms with Crippen LogP contribution in [0.25, 0.3) is 0 Å². The van der Waals surface area contributed by atoms with Crippen molar-refractivity contribution in [3.05, 3.63) is 12.2 Å². The molecule has 4 atom stereocenters. The number of carbonyl (C=O) groups excluding carboxylic acids is 1. The molecule has 2 heterocycles. The van der Waals surface area contributed by atoms with Crippen molar-refractivity contribution in [2.24, 2.45) is 11.8 Å². The monoisotopic (exact) mass is 394 g/mol. The highest BCUT2D eigenvalue weighted by atomic mass is 16.5. The third-order valence-electron chi connectivity index (χ3n) is 6.24. The number of fused-ring (bicyclic) bond motifs is 2. The molecular formula is C22H38N2O4. The van der Waals surface area contributed by atoms with Crippen LogP contribution >= 0.6 is 0 Å². The zero-order chi connectivity index (χ0) is 20.4. The van der Waals surface area contributed by atoms with E-state index in [0.29, 0.717) is 37.0 Å². The third-order valence-corrected chi connectivity index (χ3v) is 6.24. The fraction of sp³-hybridized carbons (Fsp3) is 0.818. The molecule has 0 radical (unpaired) electrons. The van der Waals surface area contributed by atoms with Gasteiger partial charge in [0, 0.05) is 20.0 Å². The molecule has 2 rings (SSSR count). The van der Waals surface area contributed by atoms with Crippen LogP contribution < -0.4 is 5.32 Å². The zero-order valence-electron chi connectivity index (χ0n) is 17.6. The van der Waals surface area contributed by atoms with E-state index in [1.54, 1.807) is 4.90 Å². The van der Waals surface area contributed by atoms with E-state index in [1.165, 1.54) is 25.7 Å². The summed E-state index contributed by atoms with van der Waals surface area (Å²) in [7, 11) is 1.83. The summed E-state index contributed by atoms with van der Waals surface area (Å²) in [5, 5.41) is 11.9. The first-order valence-electron chi connectivity index (χ1n) is 11.0. The molecule has 2 bridgehead atoms. The van der Waals surface area contributed by atoms with Gasteiger partial charge in [-0.1, -0.05) is 18.6 Å². The quantitative estimate of drug-likeness (QED) is 0.349. The van der Waals surface area contributed by atoms with E-state index in [4.69, 9.17) is 9.84 Å². The number of carboxylic acids is 1. The first-order valence-corrected chi connectivity index (χ1v) is 11.0. The maximum atomic E-state index is 11.8. The number of carbonyl (C=O) groups is 2. The molecular weight excluding hydrogens is 356 g/mol. The van der Waals surface area contributed by atoms with Crippen molar-refractivity contribution in [2.75, 3.05) is 26.7 Å². The van der Waals surface area contributed by atoms with Crippen molar-refractivity contribution in [1.82, 2.24) is 10.2 Å². The van der Waals surface area contributed by atoms with E-state index in [-0.39, 0.29) is 12.3 Å². The lowest BCUT2D eigenvalue weighted by molar-refractivity contribution is -0.137. The van der Waals surface area contributed by atoms with Gasteiger partial charge in [-0.05, 0) is 70.3 Å². The number of ether oxygens (including phenoxy) is 1. The topological polar surface area (TPSA) is 78.9 Å². The largest absolute Gasteiger partial charge is 0.481 e. The van der Waals surface area contributed by atoms with E-state index in [1.807, 2.05) is 14.0 Å². The number of aliphatic carboxylic acids is 1. The Labute approximate surface area is 169 Å². The lowest BCUT2D eigenvalue weighted by atomic mass is 9.75. The first-order chi connectivity index (χ1) is 13.5. The number of likely N-dealkylation sites (N-methyl/N-ethyl adjacent to an activating group) is 1. The fourth-order valence-corrected chi connectivity index (χ4v) is 4.48. The van der Waals surface area contributed by atoms with Crippen LogP contribution in [0.3, 0.4) is 0 Å². The molecule has 2 fully saturated rings. The predicted molar refractivity (Wildman–Crippen MR) is 110 cm³/mol. The summed E-state index contributed by atoms with van der Waals surface area (Å²) in [6.07, 6.45) is 13.9. The Morgan fingerprint density at radius 1 is 1.14 bits per heavy atom. The number of nitrogens with one attached hydrogen (secondary N) is 1. The summed E-state index contributed by atoms with van der Waals surface area (Å²) >= 11 is 0. The van der Waals surface area contributed by atoms with Crippen LogP contribution in [0.5, 0.6) is 0 Å². The van der Waals surface area contributed by atoms with E-state index in [0.717, 1.165) is 32.4 Å². The molecule has 0 aromatic rings. The highest BCUT2D eigenvalue weighted by Crippen LogP contribution is 2.47. The number of hydrogen-bond donors (Lipinski definition) is 2. The SMILES string of the molecule is CCN(C)C(=O)CNCCCC[C@H]1[C@@H](C/C=C\CCCC(=O)O)[C@H]2CC[C@@H]1O2. The van der Waals surface area contributed by atoms with E-state index < -0.39 is 5.97 Å². The van der Waals surface area contributed by atoms with Gasteiger partial charge in [0.05, 0.1) is 18.8 Å². The lowest BCUT2D eigenvalue weighted by Crippen LogP contribution is -2.35. The molecule has 0 aromatic carbocycles. The fourth-order valence-electron chi connectivity index (χ4n) is 4.48. The van der Waals surface area contributed by atoms with Gasteiger partial charge in [-0.15, -0.1) is 0 Å². The zero-order valence-corrected chi connectivity index (χ0v) is 17.6. The number of allylic oxidation sites excluding steroid dienone is 2. The van der Waals surface area contributed by atoms with Crippen LogP contribution in [0, 0.1) is 11.8 Å². The Bertz CT molecular complexity index is 523. The Balaban J connectivity index is 1.62. The molecule has 0 aliphatic carbocycles. The molecule has 0 aromatic heterocycles. The number of rotatable bonds is 14. The first kappa shape index (κ1) is 22.9. The summed E-state index contributed by atoms with van der Waals surface area (Å²) in [4.78, 5) is 24.0. The van der Waals surface area contributed by atoms with Crippen LogP contribution in [0.4, 0.5) is 0 Å². The highest BCUT2D eigenvalue weighted by Gasteiger charge is 2.47. The second-order valence-electron chi connectivity index (χ2n) is 8.19. The molecule has 2 saturated heterocycles. The van der Waals surface area contributed by atoms with Crippen molar-refractivity contribution in [3.8, 4) is 0 Å². The van der Waals surface area contributed by atoms with E-state index >= 15 is 0 Å². The predicted octanol–water partition coefficient (Wildman–Crippen LogP) is 3.22. The molecule has 6 heteroatoms. The van der Waals surface area contributed by atoms with Crippen LogP contribution in [0.15, 0.2) is 12.2 Å². The van der Waals surface area contributed by atoms with Crippen LogP contribution in [0.1, 0.15) is 64.7 Å². The van der Waals surface area contributed by atoms with Crippen LogP contribution in [0.2, 0.25) is 0 Å². The number of amides is 1. The maximum absolute atomic E-state index is 11.8. The van der Waals surface area contributed by atoms with Crippen molar-refractivity contribution in [1.29, 1.82) is 0 Å². The Morgan fingerprint density at radius 3 is 2.61 bits per heavy atom. The highest BCUT2D eigenvalue weighted by molar-refractivity contribution is 5.77. The Hall–Kier alpha value is -1.40. The molecule has 0 saturated carbocycles. The summed E-state index contributed by atoms with van der Waals surface area (Å²) < 4.78 is 6.18. The second kappa shape index (κ2) is 12.2. The van der Waals surface area contributed by atoms with Gasteiger partial charge in [0.25, 0.3) is 0 Å². The number of hydrogen-bond acceptors (Lipinski definition) is 4. The van der Waals surface area contributed by atoms with Crippen LogP contribution in [-0.4, -0.2) is 60.8 Å². The standard InChI is InChI=1S/C22H38N2O4/c1-3-24(2)21(25)16-23-15-9-8-11-18-17(19-13-14-20(18)28-19)10-6-4-5-7-12-22(26)27/h4,6,17-20,23H,3,5,7-16H2,1-2H3,(H,26,27)/b6-4-/t17-,18+,19-,20+/m1/s1. The van der Waals surface area contributed by atoms with Gasteiger partial charge < -0.3 is 20.1 Å². The van der Waals surface area contributed by atoms with Gasteiger partial charge in [-0.2, -0.15) is 0 Å². The van der Waals surface area contributed by atoms with Crippen molar-refractivity contribution < 1.29 is 19.4 Å². The molecule has 1 amide bonds. The van der Waals surface area contributed by atoms with Gasteiger partial charge in [-0.25, -0.2) is 0 Å². The normalized spacial score (nSPS) is 26.2. The Kier molecular flexibility index (Phi) is 9.99. The summed E-state index contributed by atoms with van der Waals surface area (Å²) in [6, 6.07) is 0. The van der Waals surface area contributed by atoms with Crippen molar-refractivity contribution in [3.63, 3.8) is 0 Å². The second-order valence-corrected chi connectivity index (χ2v) is 8.19. The Morgan fingerprint density at radius 2 is 1.89 bits per heavy atom. The minimum absolute atomic E-state index is 0.152. The number of nitrogens with zero attached hydrogens (tertiary/aromatic N) is 1. The molecule has 2 aliphatic heterocycles. The lowest BCUT2D eigenvalue weighted by Gasteiger charge is -2.27. The molecule has 6 nitrogen and oxygen atoms in total. The molecule has 160 valence electrons. The van der Waals surface area contributed by atoms with Gasteiger partial charge in [0.15, 0.2) is 0 Å². The molecule has 2 aliphatic rings. The molecule has 0 unspecified atom stereocenters. The molecule has 28 heavy (non-hydrogen) atoms. The number of carboxylic acid groups (broad SMARTS) is 1. The van der Waals surface area contributed by atoms with Gasteiger partial charge >= 0.3 is 5.97 Å². The van der Waals surface area contributed by atoms with Gasteiger partial charge in [0.1, 0.15) is 0 Å². The van der Waals surface area contributed by atoms with E-state index in [9.17, 15) is 9.59 Å². The van der Waals surface area contributed by atoms with Crippen LogP contribution in [-0.2, 0) is 14.3 Å². The smallest absolute Gasteiger partial charge is 0.303 e. The number of unbranched alkanes of at least 4 members (excludes halogenated alkanes) is 2. The minimum atomic E-state index is -0.716.